The minimum absolute atomic E-state index is 0.0258. The van der Waals surface area contributed by atoms with Crippen LogP contribution in [0.3, 0.4) is 0 Å². The average molecular weight is 248 g/mol. The van der Waals surface area contributed by atoms with Crippen molar-refractivity contribution in [3.8, 4) is 0 Å². The molecule has 1 aliphatic rings. The zero-order chi connectivity index (χ0) is 13.1. The number of hydrogen-bond donors (Lipinski definition) is 1. The van der Waals surface area contributed by atoms with Crippen LogP contribution in [-0.2, 0) is 4.74 Å². The second-order valence-corrected chi connectivity index (χ2v) is 5.07. The van der Waals surface area contributed by atoms with Crippen molar-refractivity contribution in [2.24, 2.45) is 0 Å². The van der Waals surface area contributed by atoms with Crippen molar-refractivity contribution in [1.29, 1.82) is 0 Å². The lowest BCUT2D eigenvalue weighted by Crippen LogP contribution is -2.55. The highest BCUT2D eigenvalue weighted by Crippen LogP contribution is 2.16. The van der Waals surface area contributed by atoms with Crippen molar-refractivity contribution in [3.05, 3.63) is 29.8 Å². The summed E-state index contributed by atoms with van der Waals surface area (Å²) in [5.74, 6) is 0. The van der Waals surface area contributed by atoms with Crippen LogP contribution in [0.2, 0.25) is 0 Å². The van der Waals surface area contributed by atoms with E-state index in [4.69, 9.17) is 4.74 Å². The first-order valence-corrected chi connectivity index (χ1v) is 6.33. The Hall–Kier alpha value is -1.55. The molecular formula is C14H20N2O2. The number of nitrogens with one attached hydrogen (secondary N) is 1. The summed E-state index contributed by atoms with van der Waals surface area (Å²) >= 11 is 0. The minimum Gasteiger partial charge on any atom is -0.443 e. The Morgan fingerprint density at radius 3 is 2.50 bits per heavy atom. The van der Waals surface area contributed by atoms with Gasteiger partial charge >= 0.3 is 6.09 Å². The molecule has 0 spiro atoms. The lowest BCUT2D eigenvalue weighted by atomic mass is 10.1. The Morgan fingerprint density at radius 2 is 1.94 bits per heavy atom. The van der Waals surface area contributed by atoms with Gasteiger partial charge in [0.1, 0.15) is 6.10 Å². The highest BCUT2D eigenvalue weighted by molar-refractivity contribution is 5.84. The summed E-state index contributed by atoms with van der Waals surface area (Å²) in [6.45, 7) is 7.96. The van der Waals surface area contributed by atoms with Gasteiger partial charge in [0.2, 0.25) is 0 Å². The Bertz CT molecular complexity index is 408. The quantitative estimate of drug-likeness (QED) is 0.894. The molecule has 1 aromatic rings. The fourth-order valence-corrected chi connectivity index (χ4v) is 1.90. The van der Waals surface area contributed by atoms with Crippen LogP contribution in [0.5, 0.6) is 0 Å². The summed E-state index contributed by atoms with van der Waals surface area (Å²) in [5, 5.41) is 2.73. The maximum Gasteiger partial charge on any atom is 0.411 e. The molecular weight excluding hydrogens is 228 g/mol. The molecule has 2 rings (SSSR count). The number of nitrogens with zero attached hydrogens (tertiary/aromatic N) is 1. The van der Waals surface area contributed by atoms with Gasteiger partial charge < -0.3 is 4.74 Å². The largest absolute Gasteiger partial charge is 0.443 e. The van der Waals surface area contributed by atoms with E-state index < -0.39 is 0 Å². The van der Waals surface area contributed by atoms with Crippen LogP contribution >= 0.6 is 0 Å². The first-order valence-electron chi connectivity index (χ1n) is 6.33. The van der Waals surface area contributed by atoms with Gasteiger partial charge in [0, 0.05) is 24.8 Å². The Balaban J connectivity index is 1.75. The highest BCUT2D eigenvalue weighted by Gasteiger charge is 2.31. The number of carbonyl (C=O) groups excluding carboxylic acids is 1. The average Bonchev–Trinajstić information content (AvgIpc) is 2.25. The molecule has 18 heavy (non-hydrogen) atoms. The van der Waals surface area contributed by atoms with Gasteiger partial charge in [-0.05, 0) is 32.9 Å². The van der Waals surface area contributed by atoms with Crippen LogP contribution in [0.25, 0.3) is 0 Å². The number of likely N-dealkylation sites (tertiary alicyclic amines) is 1. The normalized spacial score (nSPS) is 16.4. The zero-order valence-electron chi connectivity index (χ0n) is 11.1. The molecule has 0 bridgehead atoms. The van der Waals surface area contributed by atoms with E-state index >= 15 is 0 Å². The maximum absolute atomic E-state index is 11.6. The molecule has 0 unspecified atom stereocenters. The van der Waals surface area contributed by atoms with E-state index in [-0.39, 0.29) is 12.2 Å². The first-order chi connectivity index (χ1) is 8.54. The van der Waals surface area contributed by atoms with E-state index in [1.165, 1.54) is 5.56 Å². The van der Waals surface area contributed by atoms with Crippen molar-refractivity contribution < 1.29 is 9.53 Å². The molecule has 0 radical (unpaired) electrons. The molecule has 1 saturated heterocycles. The predicted molar refractivity (Wildman–Crippen MR) is 71.8 cm³/mol. The maximum atomic E-state index is 11.6. The number of anilines is 1. The third-order valence-electron chi connectivity index (χ3n) is 3.18. The molecule has 4 nitrogen and oxygen atoms in total. The monoisotopic (exact) mass is 248 g/mol. The van der Waals surface area contributed by atoms with Gasteiger partial charge in [-0.1, -0.05) is 17.7 Å². The van der Waals surface area contributed by atoms with E-state index in [9.17, 15) is 4.79 Å². The van der Waals surface area contributed by atoms with Gasteiger partial charge in [0.05, 0.1) is 0 Å². The molecule has 1 aromatic carbocycles. The summed E-state index contributed by atoms with van der Waals surface area (Å²) in [6, 6.07) is 8.18. The second-order valence-electron chi connectivity index (χ2n) is 5.07. The zero-order valence-corrected chi connectivity index (χ0v) is 11.1. The van der Waals surface area contributed by atoms with Crippen LogP contribution in [0, 0.1) is 6.92 Å². The molecule has 0 saturated carbocycles. The van der Waals surface area contributed by atoms with E-state index in [0.717, 1.165) is 18.8 Å². The van der Waals surface area contributed by atoms with Gasteiger partial charge in [-0.15, -0.1) is 0 Å². The second kappa shape index (κ2) is 5.40. The van der Waals surface area contributed by atoms with Crippen molar-refractivity contribution in [3.63, 3.8) is 0 Å². The topological polar surface area (TPSA) is 41.6 Å². The van der Waals surface area contributed by atoms with E-state index in [1.54, 1.807) is 0 Å². The number of ether oxygens (including phenoxy) is 1. The van der Waals surface area contributed by atoms with Crippen LogP contribution in [0.1, 0.15) is 19.4 Å². The van der Waals surface area contributed by atoms with E-state index in [2.05, 4.69) is 24.1 Å². The van der Waals surface area contributed by atoms with Crippen molar-refractivity contribution >= 4 is 11.8 Å². The van der Waals surface area contributed by atoms with Gasteiger partial charge in [-0.2, -0.15) is 0 Å². The van der Waals surface area contributed by atoms with Gasteiger partial charge in [0.25, 0.3) is 0 Å². The van der Waals surface area contributed by atoms with Gasteiger partial charge in [0.15, 0.2) is 0 Å². The number of rotatable bonds is 3. The summed E-state index contributed by atoms with van der Waals surface area (Å²) in [4.78, 5) is 13.9. The lowest BCUT2D eigenvalue weighted by molar-refractivity contribution is -0.0234. The fraction of sp³-hybridized carbons (Fsp3) is 0.500. The SMILES string of the molecule is Cc1ccc(NC(=O)OC2CN(C(C)C)C2)cc1. The minimum atomic E-state index is -0.368. The predicted octanol–water partition coefficient (Wildman–Crippen LogP) is 2.64. The van der Waals surface area contributed by atoms with Crippen LogP contribution in [0.15, 0.2) is 24.3 Å². The van der Waals surface area contributed by atoms with Crippen molar-refractivity contribution in [1.82, 2.24) is 4.90 Å². The molecule has 98 valence electrons. The van der Waals surface area contributed by atoms with E-state index in [1.807, 2.05) is 31.2 Å². The molecule has 1 N–H and O–H groups in total. The van der Waals surface area contributed by atoms with Crippen molar-refractivity contribution in [2.75, 3.05) is 18.4 Å². The van der Waals surface area contributed by atoms with Crippen LogP contribution < -0.4 is 5.32 Å². The lowest BCUT2D eigenvalue weighted by Gasteiger charge is -2.40. The fourth-order valence-electron chi connectivity index (χ4n) is 1.90. The standard InChI is InChI=1S/C14H20N2O2/c1-10(2)16-8-13(9-16)18-14(17)15-12-6-4-11(3)5-7-12/h4-7,10,13H,8-9H2,1-3H3,(H,15,17). The Labute approximate surface area is 108 Å². The van der Waals surface area contributed by atoms with Gasteiger partial charge in [-0.3, -0.25) is 10.2 Å². The molecule has 1 fully saturated rings. The third kappa shape index (κ3) is 3.23. The third-order valence-corrected chi connectivity index (χ3v) is 3.18. The number of amides is 1. The summed E-state index contributed by atoms with van der Waals surface area (Å²) in [6.07, 6.45) is -0.342. The number of aryl methyl sites for hydroxylation is 1. The highest BCUT2D eigenvalue weighted by atomic mass is 16.6. The molecule has 4 heteroatoms. The Kier molecular flexibility index (Phi) is 3.87. The molecule has 1 aliphatic heterocycles. The Morgan fingerprint density at radius 1 is 1.33 bits per heavy atom. The van der Waals surface area contributed by atoms with Crippen LogP contribution in [-0.4, -0.2) is 36.2 Å². The molecule has 0 aromatic heterocycles. The number of carbonyl (C=O) groups is 1. The summed E-state index contributed by atoms with van der Waals surface area (Å²) in [5.41, 5.74) is 1.94. The number of hydrogen-bond acceptors (Lipinski definition) is 3. The molecule has 0 atom stereocenters. The smallest absolute Gasteiger partial charge is 0.411 e. The van der Waals surface area contributed by atoms with Gasteiger partial charge in [-0.25, -0.2) is 4.79 Å². The molecule has 1 heterocycles. The van der Waals surface area contributed by atoms with Crippen molar-refractivity contribution in [2.45, 2.75) is 32.9 Å². The molecule has 1 amide bonds. The van der Waals surface area contributed by atoms with E-state index in [0.29, 0.717) is 6.04 Å². The summed E-state index contributed by atoms with van der Waals surface area (Å²) < 4.78 is 5.31. The first kappa shape index (κ1) is 12.9. The summed E-state index contributed by atoms with van der Waals surface area (Å²) in [7, 11) is 0. The molecule has 0 aliphatic carbocycles. The van der Waals surface area contributed by atoms with Crippen LogP contribution in [0.4, 0.5) is 10.5 Å². The number of benzene rings is 1.